The summed E-state index contributed by atoms with van der Waals surface area (Å²) in [6.45, 7) is 11.9. The molecule has 7 nitrogen and oxygen atoms in total. The van der Waals surface area contributed by atoms with E-state index in [1.54, 1.807) is 31.2 Å². The van der Waals surface area contributed by atoms with E-state index < -0.39 is 21.4 Å². The number of hydrogen-bond donors (Lipinski definition) is 2. The van der Waals surface area contributed by atoms with Crippen LogP contribution in [-0.2, 0) is 30.8 Å². The summed E-state index contributed by atoms with van der Waals surface area (Å²) in [5, 5.41) is 3.00. The number of benzene rings is 2. The molecule has 0 aromatic heterocycles. The molecule has 0 saturated carbocycles. The Morgan fingerprint density at radius 1 is 1.00 bits per heavy atom. The third kappa shape index (κ3) is 9.36. The second-order valence-electron chi connectivity index (χ2n) is 10.3. The van der Waals surface area contributed by atoms with Crippen molar-refractivity contribution in [2.45, 2.75) is 53.9 Å². The fourth-order valence-corrected chi connectivity index (χ4v) is 4.03. The molecule has 192 valence electrons. The minimum atomic E-state index is -3.36. The highest BCUT2D eigenvalue weighted by Crippen LogP contribution is 2.21. The van der Waals surface area contributed by atoms with Gasteiger partial charge in [-0.15, -0.1) is 0 Å². The van der Waals surface area contributed by atoms with Crippen molar-refractivity contribution in [3.63, 3.8) is 0 Å². The average molecular weight is 503 g/mol. The van der Waals surface area contributed by atoms with Gasteiger partial charge in [0.2, 0.25) is 15.9 Å². The number of hydrogen-bond acceptors (Lipinski definition) is 5. The Kier molecular flexibility index (Phi) is 9.49. The van der Waals surface area contributed by atoms with E-state index in [1.165, 1.54) is 11.1 Å². The number of rotatable bonds is 10. The van der Waals surface area contributed by atoms with Crippen LogP contribution < -0.4 is 10.0 Å². The first-order valence-corrected chi connectivity index (χ1v) is 13.6. The van der Waals surface area contributed by atoms with Gasteiger partial charge in [-0.25, -0.2) is 8.42 Å². The van der Waals surface area contributed by atoms with Crippen LogP contribution in [0.15, 0.2) is 42.5 Å². The van der Waals surface area contributed by atoms with Crippen molar-refractivity contribution in [1.82, 2.24) is 5.32 Å². The van der Waals surface area contributed by atoms with Gasteiger partial charge in [0.1, 0.15) is 0 Å². The molecule has 2 aromatic carbocycles. The summed E-state index contributed by atoms with van der Waals surface area (Å²) < 4.78 is 30.8. The highest BCUT2D eigenvalue weighted by molar-refractivity contribution is 7.92. The first-order valence-electron chi connectivity index (χ1n) is 11.7. The Balaban J connectivity index is 2.06. The van der Waals surface area contributed by atoms with Gasteiger partial charge in [-0.1, -0.05) is 30.3 Å². The summed E-state index contributed by atoms with van der Waals surface area (Å²) in [5.41, 5.74) is 4.15. The lowest BCUT2D eigenvalue weighted by atomic mass is 9.95. The minimum Gasteiger partial charge on any atom is -0.465 e. The van der Waals surface area contributed by atoms with Crippen LogP contribution in [0.5, 0.6) is 0 Å². The molecule has 0 spiro atoms. The second-order valence-corrected chi connectivity index (χ2v) is 12.0. The molecule has 0 saturated heterocycles. The molecular weight excluding hydrogens is 464 g/mol. The number of carbonyl (C=O) groups excluding carboxylic acids is 2. The summed E-state index contributed by atoms with van der Waals surface area (Å²) in [4.78, 5) is 25.2. The summed E-state index contributed by atoms with van der Waals surface area (Å²) in [5.74, 6) is -0.936. The van der Waals surface area contributed by atoms with Crippen LogP contribution in [0.2, 0.25) is 0 Å². The van der Waals surface area contributed by atoms with E-state index in [9.17, 15) is 18.0 Å². The fourth-order valence-electron chi connectivity index (χ4n) is 3.47. The molecule has 2 aromatic rings. The van der Waals surface area contributed by atoms with Crippen LogP contribution in [0, 0.1) is 25.2 Å². The number of nitrogens with one attached hydrogen (secondary N) is 2. The van der Waals surface area contributed by atoms with E-state index in [2.05, 4.69) is 42.1 Å². The van der Waals surface area contributed by atoms with E-state index >= 15 is 0 Å². The maximum Gasteiger partial charge on any atom is 0.311 e. The van der Waals surface area contributed by atoms with Crippen LogP contribution in [0.3, 0.4) is 0 Å². The molecule has 0 aliphatic rings. The monoisotopic (exact) mass is 502 g/mol. The van der Waals surface area contributed by atoms with Gasteiger partial charge in [-0.2, -0.15) is 0 Å². The smallest absolute Gasteiger partial charge is 0.311 e. The van der Waals surface area contributed by atoms with Crippen LogP contribution in [-0.4, -0.2) is 39.7 Å². The van der Waals surface area contributed by atoms with Gasteiger partial charge in [-0.05, 0) is 82.3 Å². The molecule has 35 heavy (non-hydrogen) atoms. The zero-order valence-electron chi connectivity index (χ0n) is 21.8. The predicted molar refractivity (Wildman–Crippen MR) is 140 cm³/mol. The Labute approximate surface area is 209 Å². The topological polar surface area (TPSA) is 102 Å². The average Bonchev–Trinajstić information content (AvgIpc) is 2.75. The molecular formula is C27H38N2O5S. The SMILES string of the molecule is Cc1ccc(CC(CNC(=O)C(C)c2ccc(NS(C)(=O)=O)cc2)COC(=O)C(C)(C)C)cc1C. The van der Waals surface area contributed by atoms with Crippen molar-refractivity contribution in [1.29, 1.82) is 0 Å². The Bertz CT molecular complexity index is 1140. The fraction of sp³-hybridized carbons (Fsp3) is 0.481. The normalized spacial score (nSPS) is 13.6. The number of sulfonamides is 1. The molecule has 0 radical (unpaired) electrons. The van der Waals surface area contributed by atoms with Crippen molar-refractivity contribution in [2.75, 3.05) is 24.1 Å². The van der Waals surface area contributed by atoms with Gasteiger partial charge in [0.15, 0.2) is 0 Å². The maximum absolute atomic E-state index is 12.9. The zero-order valence-corrected chi connectivity index (χ0v) is 22.6. The van der Waals surface area contributed by atoms with Crippen molar-refractivity contribution in [3.8, 4) is 0 Å². The van der Waals surface area contributed by atoms with Crippen LogP contribution in [0.25, 0.3) is 0 Å². The Morgan fingerprint density at radius 3 is 2.17 bits per heavy atom. The highest BCUT2D eigenvalue weighted by atomic mass is 32.2. The molecule has 2 atom stereocenters. The summed E-state index contributed by atoms with van der Waals surface area (Å²) in [7, 11) is -3.36. The van der Waals surface area contributed by atoms with E-state index in [0.717, 1.165) is 17.4 Å². The van der Waals surface area contributed by atoms with Crippen molar-refractivity contribution in [3.05, 3.63) is 64.7 Å². The van der Waals surface area contributed by atoms with E-state index in [4.69, 9.17) is 4.74 Å². The molecule has 0 aliphatic carbocycles. The van der Waals surface area contributed by atoms with Gasteiger partial charge in [-0.3, -0.25) is 14.3 Å². The molecule has 8 heteroatoms. The van der Waals surface area contributed by atoms with Crippen LogP contribution >= 0.6 is 0 Å². The van der Waals surface area contributed by atoms with Crippen LogP contribution in [0.4, 0.5) is 5.69 Å². The summed E-state index contributed by atoms with van der Waals surface area (Å²) in [6.07, 6.45) is 1.75. The Hall–Kier alpha value is -2.87. The molecule has 1 amide bonds. The third-order valence-electron chi connectivity index (χ3n) is 5.83. The lowest BCUT2D eigenvalue weighted by Gasteiger charge is -2.23. The largest absolute Gasteiger partial charge is 0.465 e. The minimum absolute atomic E-state index is 0.0825. The van der Waals surface area contributed by atoms with Crippen molar-refractivity contribution >= 4 is 27.6 Å². The quantitative estimate of drug-likeness (QED) is 0.471. The summed E-state index contributed by atoms with van der Waals surface area (Å²) >= 11 is 0. The molecule has 2 N–H and O–H groups in total. The van der Waals surface area contributed by atoms with E-state index in [0.29, 0.717) is 18.7 Å². The summed E-state index contributed by atoms with van der Waals surface area (Å²) in [6, 6.07) is 13.0. The Morgan fingerprint density at radius 2 is 1.63 bits per heavy atom. The highest BCUT2D eigenvalue weighted by Gasteiger charge is 2.25. The lowest BCUT2D eigenvalue weighted by Crippen LogP contribution is -2.36. The van der Waals surface area contributed by atoms with Gasteiger partial charge < -0.3 is 10.1 Å². The number of esters is 1. The predicted octanol–water partition coefficient (Wildman–Crippen LogP) is 4.34. The number of anilines is 1. The molecule has 0 aliphatic heterocycles. The van der Waals surface area contributed by atoms with Gasteiger partial charge in [0, 0.05) is 18.2 Å². The standard InChI is InChI=1S/C27H38N2O5S/c1-18-8-9-21(14-19(18)2)15-22(17-34-26(31)27(4,5)6)16-28-25(30)20(3)23-10-12-24(13-11-23)29-35(7,32)33/h8-14,20,22,29H,15-17H2,1-7H3,(H,28,30). The molecule has 2 rings (SSSR count). The second kappa shape index (κ2) is 11.7. The third-order valence-corrected chi connectivity index (χ3v) is 6.44. The molecule has 0 heterocycles. The van der Waals surface area contributed by atoms with E-state index in [1.807, 2.05) is 20.8 Å². The molecule has 2 unspecified atom stereocenters. The first-order chi connectivity index (χ1) is 16.2. The number of amides is 1. The zero-order chi connectivity index (χ0) is 26.4. The van der Waals surface area contributed by atoms with Crippen molar-refractivity contribution in [2.24, 2.45) is 11.3 Å². The lowest BCUT2D eigenvalue weighted by molar-refractivity contribution is -0.154. The number of carbonyl (C=O) groups is 2. The number of ether oxygens (including phenoxy) is 1. The maximum atomic E-state index is 12.9. The van der Waals surface area contributed by atoms with Crippen LogP contribution in [0.1, 0.15) is 55.9 Å². The first kappa shape index (κ1) is 28.4. The number of aryl methyl sites for hydroxylation is 2. The van der Waals surface area contributed by atoms with E-state index in [-0.39, 0.29) is 24.4 Å². The molecule has 0 bridgehead atoms. The molecule has 0 fully saturated rings. The van der Waals surface area contributed by atoms with Gasteiger partial charge >= 0.3 is 5.97 Å². The van der Waals surface area contributed by atoms with Gasteiger partial charge in [0.05, 0.1) is 24.2 Å². The van der Waals surface area contributed by atoms with Gasteiger partial charge in [0.25, 0.3) is 0 Å². The van der Waals surface area contributed by atoms with Crippen molar-refractivity contribution < 1.29 is 22.7 Å².